The summed E-state index contributed by atoms with van der Waals surface area (Å²) < 4.78 is 0. The minimum absolute atomic E-state index is 0.0402. The molecule has 0 atom stereocenters. The lowest BCUT2D eigenvalue weighted by Crippen LogP contribution is -2.35. The first-order valence-corrected chi connectivity index (χ1v) is 5.19. The Balaban J connectivity index is 2.64. The van der Waals surface area contributed by atoms with E-state index < -0.39 is 0 Å². The van der Waals surface area contributed by atoms with Gasteiger partial charge in [0.15, 0.2) is 0 Å². The van der Waals surface area contributed by atoms with Crippen molar-refractivity contribution in [3.63, 3.8) is 0 Å². The minimum Gasteiger partial charge on any atom is -0.395 e. The van der Waals surface area contributed by atoms with Gasteiger partial charge in [-0.25, -0.2) is 0 Å². The third-order valence-corrected chi connectivity index (χ3v) is 2.65. The summed E-state index contributed by atoms with van der Waals surface area (Å²) in [7, 11) is 0. The molecule has 3 nitrogen and oxygen atoms in total. The van der Waals surface area contributed by atoms with E-state index in [4.69, 9.17) is 10.2 Å². The second-order valence-electron chi connectivity index (χ2n) is 3.81. The van der Waals surface area contributed by atoms with E-state index in [1.807, 2.05) is 6.07 Å². The van der Waals surface area contributed by atoms with E-state index >= 15 is 0 Å². The fourth-order valence-electron chi connectivity index (χ4n) is 1.56. The third-order valence-electron chi connectivity index (χ3n) is 2.65. The molecule has 1 aromatic rings. The van der Waals surface area contributed by atoms with E-state index in [1.165, 1.54) is 16.7 Å². The molecule has 0 amide bonds. The summed E-state index contributed by atoms with van der Waals surface area (Å²) in [5.74, 6) is 0. The Morgan fingerprint density at radius 3 is 2.13 bits per heavy atom. The smallest absolute Gasteiger partial charge is 0.0607 e. The summed E-state index contributed by atoms with van der Waals surface area (Å²) >= 11 is 0. The fourth-order valence-corrected chi connectivity index (χ4v) is 1.56. The molecule has 0 radical (unpaired) electrons. The lowest BCUT2D eigenvalue weighted by atomic mass is 10.0. The highest BCUT2D eigenvalue weighted by molar-refractivity contribution is 5.33. The van der Waals surface area contributed by atoms with Gasteiger partial charge in [-0.15, -0.1) is 0 Å². The van der Waals surface area contributed by atoms with Crippen LogP contribution in [0.15, 0.2) is 18.2 Å². The second-order valence-corrected chi connectivity index (χ2v) is 3.81. The number of hydrogen-bond acceptors (Lipinski definition) is 3. The van der Waals surface area contributed by atoms with Gasteiger partial charge >= 0.3 is 0 Å². The Hall–Kier alpha value is -0.900. The summed E-state index contributed by atoms with van der Waals surface area (Å²) in [4.78, 5) is 0. The van der Waals surface area contributed by atoms with E-state index in [9.17, 15) is 0 Å². The SMILES string of the molecule is Cc1cccc(C)c1CNC(CO)CO. The molecule has 0 aromatic heterocycles. The van der Waals surface area contributed by atoms with E-state index in [1.54, 1.807) is 0 Å². The summed E-state index contributed by atoms with van der Waals surface area (Å²) in [6.07, 6.45) is 0. The Bertz CT molecular complexity index is 288. The van der Waals surface area contributed by atoms with E-state index in [2.05, 4.69) is 31.3 Å². The molecule has 0 aliphatic rings. The molecule has 0 bridgehead atoms. The summed E-state index contributed by atoms with van der Waals surface area (Å²) in [5.41, 5.74) is 3.71. The van der Waals surface area contributed by atoms with Gasteiger partial charge in [0.05, 0.1) is 19.3 Å². The molecule has 84 valence electrons. The fraction of sp³-hybridized carbons (Fsp3) is 0.500. The number of aliphatic hydroxyl groups excluding tert-OH is 2. The molecular formula is C12H19NO2. The van der Waals surface area contributed by atoms with Crippen molar-refractivity contribution in [1.82, 2.24) is 5.32 Å². The number of benzene rings is 1. The zero-order chi connectivity index (χ0) is 11.3. The number of aliphatic hydroxyl groups is 2. The standard InChI is InChI=1S/C12H19NO2/c1-9-4-3-5-10(2)12(9)6-13-11(7-14)8-15/h3-5,11,13-15H,6-8H2,1-2H3. The van der Waals surface area contributed by atoms with Crippen LogP contribution < -0.4 is 5.32 Å². The van der Waals surface area contributed by atoms with Crippen LogP contribution in [0, 0.1) is 13.8 Å². The van der Waals surface area contributed by atoms with Crippen molar-refractivity contribution in [3.05, 3.63) is 34.9 Å². The Labute approximate surface area is 90.8 Å². The van der Waals surface area contributed by atoms with Crippen molar-refractivity contribution < 1.29 is 10.2 Å². The third kappa shape index (κ3) is 3.30. The van der Waals surface area contributed by atoms with Gasteiger partial charge in [0.25, 0.3) is 0 Å². The van der Waals surface area contributed by atoms with E-state index in [0.29, 0.717) is 6.54 Å². The second kappa shape index (κ2) is 5.85. The van der Waals surface area contributed by atoms with Crippen LogP contribution in [0.25, 0.3) is 0 Å². The van der Waals surface area contributed by atoms with Crippen LogP contribution in [0.5, 0.6) is 0 Å². The molecule has 0 saturated heterocycles. The van der Waals surface area contributed by atoms with Crippen molar-refractivity contribution >= 4 is 0 Å². The molecule has 0 heterocycles. The molecular weight excluding hydrogens is 190 g/mol. The maximum Gasteiger partial charge on any atom is 0.0607 e. The first kappa shape index (κ1) is 12.2. The summed E-state index contributed by atoms with van der Waals surface area (Å²) in [5, 5.41) is 21.0. The highest BCUT2D eigenvalue weighted by Gasteiger charge is 2.07. The predicted octanol–water partition coefficient (Wildman–Crippen LogP) is 0.746. The van der Waals surface area contributed by atoms with Crippen LogP contribution in [0.3, 0.4) is 0 Å². The molecule has 3 N–H and O–H groups in total. The highest BCUT2D eigenvalue weighted by atomic mass is 16.3. The van der Waals surface area contributed by atoms with E-state index in [0.717, 1.165) is 0 Å². The molecule has 0 saturated carbocycles. The zero-order valence-electron chi connectivity index (χ0n) is 9.33. The lowest BCUT2D eigenvalue weighted by Gasteiger charge is -2.16. The van der Waals surface area contributed by atoms with Crippen LogP contribution in [-0.4, -0.2) is 29.5 Å². The van der Waals surface area contributed by atoms with Gasteiger partial charge < -0.3 is 15.5 Å². The Morgan fingerprint density at radius 2 is 1.67 bits per heavy atom. The van der Waals surface area contributed by atoms with Crippen LogP contribution in [0.4, 0.5) is 0 Å². The lowest BCUT2D eigenvalue weighted by molar-refractivity contribution is 0.170. The number of aryl methyl sites for hydroxylation is 2. The Morgan fingerprint density at radius 1 is 1.13 bits per heavy atom. The minimum atomic E-state index is -0.232. The molecule has 1 aromatic carbocycles. The van der Waals surface area contributed by atoms with Gasteiger partial charge in [-0.2, -0.15) is 0 Å². The quantitative estimate of drug-likeness (QED) is 0.670. The predicted molar refractivity (Wildman–Crippen MR) is 60.7 cm³/mol. The topological polar surface area (TPSA) is 52.5 Å². The molecule has 1 rings (SSSR count). The average Bonchev–Trinajstić information content (AvgIpc) is 2.23. The van der Waals surface area contributed by atoms with Gasteiger partial charge in [-0.1, -0.05) is 18.2 Å². The normalized spacial score (nSPS) is 11.0. The highest BCUT2D eigenvalue weighted by Crippen LogP contribution is 2.12. The van der Waals surface area contributed by atoms with Crippen LogP contribution >= 0.6 is 0 Å². The molecule has 0 aliphatic heterocycles. The van der Waals surface area contributed by atoms with Gasteiger partial charge in [-0.3, -0.25) is 0 Å². The van der Waals surface area contributed by atoms with Gasteiger partial charge in [0.2, 0.25) is 0 Å². The Kier molecular flexibility index (Phi) is 4.75. The van der Waals surface area contributed by atoms with Crippen molar-refractivity contribution in [1.29, 1.82) is 0 Å². The van der Waals surface area contributed by atoms with Gasteiger partial charge in [-0.05, 0) is 30.5 Å². The first-order chi connectivity index (χ1) is 7.19. The number of hydrogen-bond donors (Lipinski definition) is 3. The van der Waals surface area contributed by atoms with Crippen LogP contribution in [-0.2, 0) is 6.54 Å². The van der Waals surface area contributed by atoms with Crippen LogP contribution in [0.1, 0.15) is 16.7 Å². The van der Waals surface area contributed by atoms with E-state index in [-0.39, 0.29) is 19.3 Å². The van der Waals surface area contributed by atoms with Crippen LogP contribution in [0.2, 0.25) is 0 Å². The molecule has 0 aliphatic carbocycles. The largest absolute Gasteiger partial charge is 0.395 e. The van der Waals surface area contributed by atoms with Crippen molar-refractivity contribution in [3.8, 4) is 0 Å². The maximum atomic E-state index is 8.92. The summed E-state index contributed by atoms with van der Waals surface area (Å²) in [6.45, 7) is 4.74. The van der Waals surface area contributed by atoms with Crippen molar-refractivity contribution in [2.24, 2.45) is 0 Å². The zero-order valence-corrected chi connectivity index (χ0v) is 9.33. The van der Waals surface area contributed by atoms with Crippen molar-refractivity contribution in [2.75, 3.05) is 13.2 Å². The molecule has 15 heavy (non-hydrogen) atoms. The summed E-state index contributed by atoms with van der Waals surface area (Å²) in [6, 6.07) is 5.93. The average molecular weight is 209 g/mol. The molecule has 3 heteroatoms. The molecule has 0 unspecified atom stereocenters. The monoisotopic (exact) mass is 209 g/mol. The molecule has 0 spiro atoms. The number of nitrogens with one attached hydrogen (secondary N) is 1. The molecule has 0 fully saturated rings. The van der Waals surface area contributed by atoms with Gasteiger partial charge in [0.1, 0.15) is 0 Å². The number of rotatable bonds is 5. The van der Waals surface area contributed by atoms with Crippen molar-refractivity contribution in [2.45, 2.75) is 26.4 Å². The van der Waals surface area contributed by atoms with Gasteiger partial charge in [0, 0.05) is 6.54 Å². The first-order valence-electron chi connectivity index (χ1n) is 5.19. The maximum absolute atomic E-state index is 8.92.